The van der Waals surface area contributed by atoms with Gasteiger partial charge in [-0.05, 0) is 35.9 Å². The van der Waals surface area contributed by atoms with Crippen LogP contribution < -0.4 is 10.3 Å². The zero-order valence-corrected chi connectivity index (χ0v) is 16.3. The van der Waals surface area contributed by atoms with Gasteiger partial charge in [0.05, 0.1) is 43.3 Å². The van der Waals surface area contributed by atoms with Crippen molar-refractivity contribution in [1.29, 1.82) is 0 Å². The van der Waals surface area contributed by atoms with Crippen molar-refractivity contribution in [3.63, 3.8) is 0 Å². The van der Waals surface area contributed by atoms with E-state index in [1.165, 1.54) is 17.0 Å². The quantitative estimate of drug-likeness (QED) is 0.688. The van der Waals surface area contributed by atoms with E-state index < -0.39 is 11.9 Å². The first-order chi connectivity index (χ1) is 14.6. The molecule has 154 valence electrons. The van der Waals surface area contributed by atoms with Gasteiger partial charge in [0.25, 0.3) is 5.91 Å². The van der Waals surface area contributed by atoms with Gasteiger partial charge in [-0.3, -0.25) is 14.6 Å². The molecule has 3 aromatic rings. The number of ether oxygens (including phenoxy) is 1. The van der Waals surface area contributed by atoms with E-state index in [1.54, 1.807) is 29.4 Å². The van der Waals surface area contributed by atoms with Gasteiger partial charge in [0.15, 0.2) is 5.43 Å². The number of rotatable bonds is 4. The molecule has 2 aliphatic heterocycles. The average molecular weight is 410 g/mol. The molecule has 7 nitrogen and oxygen atoms in total. The zero-order valence-electron chi connectivity index (χ0n) is 16.3. The summed E-state index contributed by atoms with van der Waals surface area (Å²) in [5.74, 6) is -0.798. The molecule has 8 heteroatoms. The van der Waals surface area contributed by atoms with Crippen LogP contribution in [-0.4, -0.2) is 55.2 Å². The standard InChI is InChI=1S/C22H20FN3O4/c23-15-1-2-17-16(13-15)20(27)18-19(14-3-5-24-6-4-14)26(22(28)21(18)30-17)8-7-25-9-11-29-12-10-25/h1-6,13,19H,7-12H2/p+1/t19-/m0/s1. The maximum atomic E-state index is 13.8. The lowest BCUT2D eigenvalue weighted by atomic mass is 9.99. The molecule has 1 aromatic carbocycles. The van der Waals surface area contributed by atoms with Crippen LogP contribution in [-0.2, 0) is 4.74 Å². The van der Waals surface area contributed by atoms with Crippen LogP contribution in [0.2, 0.25) is 0 Å². The largest absolute Gasteiger partial charge is 0.450 e. The third-order valence-electron chi connectivity index (χ3n) is 5.86. The lowest BCUT2D eigenvalue weighted by Gasteiger charge is -2.29. The van der Waals surface area contributed by atoms with Crippen LogP contribution in [0.1, 0.15) is 27.7 Å². The second kappa shape index (κ2) is 7.62. The van der Waals surface area contributed by atoms with E-state index in [0.717, 1.165) is 31.3 Å². The van der Waals surface area contributed by atoms with Gasteiger partial charge in [-0.2, -0.15) is 0 Å². The number of hydrogen-bond acceptors (Lipinski definition) is 5. The Hall–Kier alpha value is -3.10. The van der Waals surface area contributed by atoms with Crippen molar-refractivity contribution >= 4 is 16.9 Å². The monoisotopic (exact) mass is 410 g/mol. The molecule has 1 atom stereocenters. The first-order valence-electron chi connectivity index (χ1n) is 10.0. The first kappa shape index (κ1) is 18.9. The predicted octanol–water partition coefficient (Wildman–Crippen LogP) is 0.787. The van der Waals surface area contributed by atoms with Crippen molar-refractivity contribution < 1.29 is 23.2 Å². The van der Waals surface area contributed by atoms with Gasteiger partial charge in [-0.1, -0.05) is 0 Å². The fraction of sp³-hybridized carbons (Fsp3) is 0.318. The number of hydrogen-bond donors (Lipinski definition) is 1. The van der Waals surface area contributed by atoms with Crippen LogP contribution in [0.25, 0.3) is 11.0 Å². The lowest BCUT2D eigenvalue weighted by molar-refractivity contribution is -0.907. The molecular weight excluding hydrogens is 389 g/mol. The molecule has 2 aromatic heterocycles. The van der Waals surface area contributed by atoms with Crippen LogP contribution in [0.4, 0.5) is 4.39 Å². The molecule has 1 saturated heterocycles. The summed E-state index contributed by atoms with van der Waals surface area (Å²) < 4.78 is 25.0. The van der Waals surface area contributed by atoms with Crippen molar-refractivity contribution in [2.24, 2.45) is 0 Å². The van der Waals surface area contributed by atoms with E-state index in [2.05, 4.69) is 4.98 Å². The topological polar surface area (TPSA) is 77.1 Å². The summed E-state index contributed by atoms with van der Waals surface area (Å²) >= 11 is 0. The Morgan fingerprint density at radius 2 is 1.90 bits per heavy atom. The molecule has 30 heavy (non-hydrogen) atoms. The Kier molecular flexibility index (Phi) is 4.80. The van der Waals surface area contributed by atoms with Gasteiger partial charge < -0.3 is 19.0 Å². The number of halogens is 1. The van der Waals surface area contributed by atoms with Crippen LogP contribution in [0.3, 0.4) is 0 Å². The zero-order chi connectivity index (χ0) is 20.7. The van der Waals surface area contributed by atoms with Crippen molar-refractivity contribution in [3.8, 4) is 0 Å². The number of nitrogens with zero attached hydrogens (tertiary/aromatic N) is 2. The van der Waals surface area contributed by atoms with Crippen LogP contribution >= 0.6 is 0 Å². The van der Waals surface area contributed by atoms with E-state index in [9.17, 15) is 14.0 Å². The van der Waals surface area contributed by atoms with Crippen LogP contribution in [0.15, 0.2) is 51.9 Å². The van der Waals surface area contributed by atoms with Gasteiger partial charge in [0.2, 0.25) is 5.76 Å². The minimum atomic E-state index is -0.583. The molecule has 1 N–H and O–H groups in total. The Labute approximate surface area is 171 Å². The SMILES string of the molecule is O=C1c2oc3ccc(F)cc3c(=O)c2[C@H](c2ccncc2)N1CC[NH+]1CCOCC1. The van der Waals surface area contributed by atoms with Crippen LogP contribution in [0.5, 0.6) is 0 Å². The molecular formula is C22H21FN3O4+. The Balaban J connectivity index is 1.60. The number of benzene rings is 1. The van der Waals surface area contributed by atoms with E-state index in [-0.39, 0.29) is 33.6 Å². The number of morpholine rings is 1. The summed E-state index contributed by atoms with van der Waals surface area (Å²) in [6.07, 6.45) is 3.26. The highest BCUT2D eigenvalue weighted by molar-refractivity contribution is 5.99. The molecule has 0 saturated carbocycles. The molecule has 0 spiro atoms. The summed E-state index contributed by atoms with van der Waals surface area (Å²) in [6, 6.07) is 6.77. The van der Waals surface area contributed by atoms with Crippen molar-refractivity contribution in [3.05, 3.63) is 75.7 Å². The smallest absolute Gasteiger partial charge is 0.291 e. The molecule has 1 fully saturated rings. The maximum Gasteiger partial charge on any atom is 0.291 e. The molecule has 4 heterocycles. The number of nitrogens with one attached hydrogen (secondary N) is 1. The highest BCUT2D eigenvalue weighted by Gasteiger charge is 2.43. The Bertz CT molecular complexity index is 1160. The molecule has 0 aliphatic carbocycles. The number of carbonyl (C=O) groups is 1. The summed E-state index contributed by atoms with van der Waals surface area (Å²) in [5.41, 5.74) is 0.878. The van der Waals surface area contributed by atoms with E-state index in [0.29, 0.717) is 19.8 Å². The van der Waals surface area contributed by atoms with E-state index in [1.807, 2.05) is 0 Å². The second-order valence-electron chi connectivity index (χ2n) is 7.61. The number of amides is 1. The summed E-state index contributed by atoms with van der Waals surface area (Å²) in [6.45, 7) is 4.38. The summed E-state index contributed by atoms with van der Waals surface area (Å²) in [4.78, 5) is 33.7. The van der Waals surface area contributed by atoms with E-state index >= 15 is 0 Å². The fourth-order valence-electron chi connectivity index (χ4n) is 4.30. The lowest BCUT2D eigenvalue weighted by Crippen LogP contribution is -3.14. The normalized spacial score (nSPS) is 19.4. The summed E-state index contributed by atoms with van der Waals surface area (Å²) in [5, 5.41) is 0.140. The molecule has 0 radical (unpaired) electrons. The number of aromatic nitrogens is 1. The number of quaternary nitrogens is 1. The van der Waals surface area contributed by atoms with Gasteiger partial charge in [0.1, 0.15) is 24.5 Å². The minimum absolute atomic E-state index is 0.0397. The molecule has 5 rings (SSSR count). The van der Waals surface area contributed by atoms with Crippen LogP contribution in [0, 0.1) is 5.82 Å². The van der Waals surface area contributed by atoms with Crippen molar-refractivity contribution in [2.45, 2.75) is 6.04 Å². The van der Waals surface area contributed by atoms with Crippen molar-refractivity contribution in [1.82, 2.24) is 9.88 Å². The third kappa shape index (κ3) is 3.18. The van der Waals surface area contributed by atoms with Gasteiger partial charge in [0, 0.05) is 12.4 Å². The predicted molar refractivity (Wildman–Crippen MR) is 106 cm³/mol. The Morgan fingerprint density at radius 1 is 1.13 bits per heavy atom. The first-order valence-corrected chi connectivity index (χ1v) is 10.0. The number of carbonyl (C=O) groups excluding carboxylic acids is 1. The fourth-order valence-corrected chi connectivity index (χ4v) is 4.30. The minimum Gasteiger partial charge on any atom is -0.450 e. The average Bonchev–Trinajstić information content (AvgIpc) is 3.06. The molecule has 0 unspecified atom stereocenters. The Morgan fingerprint density at radius 3 is 2.67 bits per heavy atom. The highest BCUT2D eigenvalue weighted by atomic mass is 19.1. The van der Waals surface area contributed by atoms with E-state index in [4.69, 9.17) is 9.15 Å². The number of fused-ring (bicyclic) bond motifs is 2. The van der Waals surface area contributed by atoms with Gasteiger partial charge in [-0.25, -0.2) is 4.39 Å². The maximum absolute atomic E-state index is 13.8. The number of pyridine rings is 1. The van der Waals surface area contributed by atoms with Crippen molar-refractivity contribution in [2.75, 3.05) is 39.4 Å². The van der Waals surface area contributed by atoms with Gasteiger partial charge in [-0.15, -0.1) is 0 Å². The third-order valence-corrected chi connectivity index (χ3v) is 5.86. The summed E-state index contributed by atoms with van der Waals surface area (Å²) in [7, 11) is 0. The molecule has 1 amide bonds. The molecule has 0 bridgehead atoms. The molecule has 2 aliphatic rings. The highest BCUT2D eigenvalue weighted by Crippen LogP contribution is 2.37. The van der Waals surface area contributed by atoms with Gasteiger partial charge >= 0.3 is 0 Å². The second-order valence-corrected chi connectivity index (χ2v) is 7.61.